The normalized spacial score (nSPS) is 15.2. The molecule has 5 heteroatoms. The Morgan fingerprint density at radius 1 is 1.33 bits per heavy atom. The first-order chi connectivity index (χ1) is 8.67. The number of hydrogen-bond acceptors (Lipinski definition) is 4. The van der Waals surface area contributed by atoms with Gasteiger partial charge < -0.3 is 10.5 Å². The lowest BCUT2D eigenvalue weighted by molar-refractivity contribution is 0.113. The summed E-state index contributed by atoms with van der Waals surface area (Å²) in [7, 11) is 0. The maximum atomic E-state index is 5.84. The van der Waals surface area contributed by atoms with Gasteiger partial charge in [-0.15, -0.1) is 5.10 Å². The first-order valence-corrected chi connectivity index (χ1v) is 6.93. The number of nitrogens with two attached hydrogens (primary N) is 1. The standard InChI is InChI=1S/C13H19N3OS/c1-3-9-10(4-2)15-16-13(11(9)12(14)18)17-8-6-5-7-8/h8H,3-7H2,1-2H3,(H2,14,18). The fraction of sp³-hybridized carbons (Fsp3) is 0.615. The van der Waals surface area contributed by atoms with Crippen LogP contribution in [0.4, 0.5) is 0 Å². The van der Waals surface area contributed by atoms with E-state index in [1.54, 1.807) is 0 Å². The van der Waals surface area contributed by atoms with Crippen molar-refractivity contribution in [2.75, 3.05) is 0 Å². The second-order valence-corrected chi connectivity index (χ2v) is 4.99. The molecule has 0 spiro atoms. The van der Waals surface area contributed by atoms with Crippen LogP contribution >= 0.6 is 12.2 Å². The number of hydrogen-bond donors (Lipinski definition) is 1. The van der Waals surface area contributed by atoms with Crippen LogP contribution in [0.5, 0.6) is 5.88 Å². The minimum absolute atomic E-state index is 0.254. The Kier molecular flexibility index (Phi) is 4.11. The van der Waals surface area contributed by atoms with Crippen LogP contribution in [-0.2, 0) is 12.8 Å². The third-order valence-electron chi connectivity index (χ3n) is 3.39. The van der Waals surface area contributed by atoms with Crippen LogP contribution in [0.15, 0.2) is 0 Å². The van der Waals surface area contributed by atoms with E-state index in [9.17, 15) is 0 Å². The maximum absolute atomic E-state index is 5.84. The summed E-state index contributed by atoms with van der Waals surface area (Å²) < 4.78 is 5.84. The second-order valence-electron chi connectivity index (χ2n) is 4.55. The Labute approximate surface area is 113 Å². The number of aromatic nitrogens is 2. The summed E-state index contributed by atoms with van der Waals surface area (Å²) in [4.78, 5) is 0.353. The van der Waals surface area contributed by atoms with Gasteiger partial charge >= 0.3 is 0 Å². The van der Waals surface area contributed by atoms with Crippen molar-refractivity contribution in [2.45, 2.75) is 52.1 Å². The molecule has 0 radical (unpaired) electrons. The molecular formula is C13H19N3OS. The summed E-state index contributed by atoms with van der Waals surface area (Å²) >= 11 is 5.15. The van der Waals surface area contributed by atoms with Gasteiger partial charge in [-0.2, -0.15) is 5.10 Å². The maximum Gasteiger partial charge on any atom is 0.244 e. The van der Waals surface area contributed by atoms with Crippen LogP contribution in [0, 0.1) is 0 Å². The quantitative estimate of drug-likeness (QED) is 0.827. The monoisotopic (exact) mass is 265 g/mol. The number of nitrogens with zero attached hydrogens (tertiary/aromatic N) is 2. The highest BCUT2D eigenvalue weighted by molar-refractivity contribution is 7.80. The molecule has 1 aliphatic rings. The lowest BCUT2D eigenvalue weighted by Crippen LogP contribution is -2.27. The highest BCUT2D eigenvalue weighted by Gasteiger charge is 2.24. The van der Waals surface area contributed by atoms with Crippen LogP contribution in [0.3, 0.4) is 0 Å². The van der Waals surface area contributed by atoms with E-state index >= 15 is 0 Å². The summed E-state index contributed by atoms with van der Waals surface area (Å²) in [5.41, 5.74) is 8.65. The van der Waals surface area contributed by atoms with Crippen molar-refractivity contribution < 1.29 is 4.74 Å². The van der Waals surface area contributed by atoms with Crippen LogP contribution in [0.2, 0.25) is 0 Å². The molecule has 0 bridgehead atoms. The predicted octanol–water partition coefficient (Wildman–Crippen LogP) is 2.17. The van der Waals surface area contributed by atoms with E-state index in [2.05, 4.69) is 24.0 Å². The molecule has 0 atom stereocenters. The van der Waals surface area contributed by atoms with E-state index in [4.69, 9.17) is 22.7 Å². The largest absolute Gasteiger partial charge is 0.473 e. The summed E-state index contributed by atoms with van der Waals surface area (Å²) in [6.45, 7) is 4.13. The highest BCUT2D eigenvalue weighted by atomic mass is 32.1. The first-order valence-electron chi connectivity index (χ1n) is 6.52. The third kappa shape index (κ3) is 2.46. The molecular weight excluding hydrogens is 246 g/mol. The van der Waals surface area contributed by atoms with Gasteiger partial charge in [0.05, 0.1) is 11.3 Å². The van der Waals surface area contributed by atoms with Crippen molar-refractivity contribution in [1.82, 2.24) is 10.2 Å². The molecule has 98 valence electrons. The van der Waals surface area contributed by atoms with Gasteiger partial charge in [-0.05, 0) is 37.7 Å². The molecule has 0 unspecified atom stereocenters. The Bertz CT molecular complexity index is 458. The molecule has 0 saturated heterocycles. The zero-order valence-electron chi connectivity index (χ0n) is 10.9. The smallest absolute Gasteiger partial charge is 0.244 e. The van der Waals surface area contributed by atoms with E-state index < -0.39 is 0 Å². The second kappa shape index (κ2) is 5.61. The molecule has 2 rings (SSSR count). The molecule has 1 aromatic heterocycles. The fourth-order valence-electron chi connectivity index (χ4n) is 2.14. The van der Waals surface area contributed by atoms with E-state index in [1.807, 2.05) is 0 Å². The molecule has 18 heavy (non-hydrogen) atoms. The topological polar surface area (TPSA) is 61.0 Å². The Hall–Kier alpha value is -1.23. The lowest BCUT2D eigenvalue weighted by Gasteiger charge is -2.27. The van der Waals surface area contributed by atoms with Gasteiger partial charge in [-0.1, -0.05) is 26.1 Å². The molecule has 1 fully saturated rings. The molecule has 1 heterocycles. The Morgan fingerprint density at radius 2 is 2.06 bits per heavy atom. The Morgan fingerprint density at radius 3 is 2.50 bits per heavy atom. The third-order valence-corrected chi connectivity index (χ3v) is 3.59. The molecule has 0 aliphatic heterocycles. The van der Waals surface area contributed by atoms with Crippen molar-refractivity contribution >= 4 is 17.2 Å². The number of ether oxygens (including phenoxy) is 1. The van der Waals surface area contributed by atoms with Gasteiger partial charge in [0.2, 0.25) is 5.88 Å². The van der Waals surface area contributed by atoms with E-state index in [-0.39, 0.29) is 6.10 Å². The summed E-state index contributed by atoms with van der Waals surface area (Å²) in [5, 5.41) is 8.39. The Balaban J connectivity index is 2.41. The average molecular weight is 265 g/mol. The minimum Gasteiger partial charge on any atom is -0.473 e. The summed E-state index contributed by atoms with van der Waals surface area (Å²) in [5.74, 6) is 0.515. The van der Waals surface area contributed by atoms with Gasteiger partial charge in [0, 0.05) is 0 Å². The predicted molar refractivity (Wildman–Crippen MR) is 74.9 cm³/mol. The van der Waals surface area contributed by atoms with E-state index in [0.29, 0.717) is 10.9 Å². The first kappa shape index (κ1) is 13.2. The van der Waals surface area contributed by atoms with Crippen molar-refractivity contribution in [3.8, 4) is 5.88 Å². The average Bonchev–Trinajstić information content (AvgIpc) is 2.32. The minimum atomic E-state index is 0.254. The van der Waals surface area contributed by atoms with Crippen LogP contribution in [-0.4, -0.2) is 21.3 Å². The van der Waals surface area contributed by atoms with Gasteiger partial charge in [0.15, 0.2) is 0 Å². The van der Waals surface area contributed by atoms with Crippen LogP contribution in [0.1, 0.15) is 49.9 Å². The van der Waals surface area contributed by atoms with Crippen molar-refractivity contribution in [1.29, 1.82) is 0 Å². The van der Waals surface area contributed by atoms with E-state index in [0.717, 1.165) is 42.5 Å². The van der Waals surface area contributed by atoms with E-state index in [1.165, 1.54) is 6.42 Å². The molecule has 1 saturated carbocycles. The van der Waals surface area contributed by atoms with Crippen LogP contribution in [0.25, 0.3) is 0 Å². The van der Waals surface area contributed by atoms with Crippen molar-refractivity contribution in [3.05, 3.63) is 16.8 Å². The summed E-state index contributed by atoms with van der Waals surface area (Å²) in [6, 6.07) is 0. The zero-order valence-corrected chi connectivity index (χ0v) is 11.7. The molecule has 2 N–H and O–H groups in total. The van der Waals surface area contributed by atoms with Gasteiger partial charge in [-0.3, -0.25) is 0 Å². The summed E-state index contributed by atoms with van der Waals surface area (Å²) in [6.07, 6.45) is 5.30. The van der Waals surface area contributed by atoms with Gasteiger partial charge in [0.25, 0.3) is 0 Å². The highest BCUT2D eigenvalue weighted by Crippen LogP contribution is 2.28. The molecule has 1 aliphatic carbocycles. The molecule has 1 aromatic rings. The van der Waals surface area contributed by atoms with Gasteiger partial charge in [0.1, 0.15) is 11.1 Å². The zero-order chi connectivity index (χ0) is 13.1. The molecule has 0 amide bonds. The van der Waals surface area contributed by atoms with Crippen molar-refractivity contribution in [2.24, 2.45) is 5.73 Å². The lowest BCUT2D eigenvalue weighted by atomic mass is 9.96. The number of thiocarbonyl (C=S) groups is 1. The van der Waals surface area contributed by atoms with Crippen LogP contribution < -0.4 is 10.5 Å². The molecule has 0 aromatic carbocycles. The van der Waals surface area contributed by atoms with Crippen molar-refractivity contribution in [3.63, 3.8) is 0 Å². The molecule has 4 nitrogen and oxygen atoms in total. The number of aryl methyl sites for hydroxylation is 1. The van der Waals surface area contributed by atoms with Gasteiger partial charge in [-0.25, -0.2) is 0 Å². The number of rotatable bonds is 5. The fourth-order valence-corrected chi connectivity index (χ4v) is 2.35. The SMILES string of the molecule is CCc1nnc(OC2CCC2)c(C(N)=S)c1CC.